The van der Waals surface area contributed by atoms with Crippen molar-refractivity contribution in [2.75, 3.05) is 5.32 Å². The number of anilines is 2. The molecule has 2 heteroatoms. The number of rotatable bonds is 4. The van der Waals surface area contributed by atoms with Crippen molar-refractivity contribution in [3.8, 4) is 0 Å². The molecule has 0 saturated heterocycles. The van der Waals surface area contributed by atoms with Crippen LogP contribution in [0.5, 0.6) is 0 Å². The third kappa shape index (κ3) is 3.25. The van der Waals surface area contributed by atoms with Gasteiger partial charge in [0.05, 0.1) is 7.85 Å². The quantitative estimate of drug-likeness (QED) is 0.757. The molecule has 0 bridgehead atoms. The summed E-state index contributed by atoms with van der Waals surface area (Å²) in [4.78, 5) is 0. The summed E-state index contributed by atoms with van der Waals surface area (Å²) in [5.74, 6) is 0.475. The second-order valence-corrected chi connectivity index (χ2v) is 5.75. The number of aryl methyl sites for hydroxylation is 1. The number of hydrogen-bond acceptors (Lipinski definition) is 1. The van der Waals surface area contributed by atoms with Gasteiger partial charge in [0.25, 0.3) is 0 Å². The Labute approximate surface area is 123 Å². The first kappa shape index (κ1) is 14.7. The average molecular weight is 263 g/mol. The fraction of sp³-hybridized carbons (Fsp3) is 0.333. The van der Waals surface area contributed by atoms with E-state index in [0.29, 0.717) is 5.92 Å². The van der Waals surface area contributed by atoms with E-state index in [1.165, 1.54) is 11.1 Å². The number of hydrogen-bond donors (Lipinski definition) is 1. The molecule has 1 nitrogen and oxygen atoms in total. The Balaban J connectivity index is 2.44. The lowest BCUT2D eigenvalue weighted by molar-refractivity contribution is 0.864. The van der Waals surface area contributed by atoms with Crippen molar-refractivity contribution in [2.45, 2.75) is 39.4 Å². The van der Waals surface area contributed by atoms with Gasteiger partial charge >= 0.3 is 0 Å². The molecule has 2 radical (unpaired) electrons. The molecule has 2 aromatic carbocycles. The fourth-order valence-electron chi connectivity index (χ4n) is 2.37. The van der Waals surface area contributed by atoms with E-state index in [-0.39, 0.29) is 5.82 Å². The van der Waals surface area contributed by atoms with Crippen LogP contribution in [-0.2, 0) is 0 Å². The van der Waals surface area contributed by atoms with Gasteiger partial charge in [0.1, 0.15) is 0 Å². The fourth-order valence-corrected chi connectivity index (χ4v) is 2.37. The van der Waals surface area contributed by atoms with Crippen LogP contribution in [0.15, 0.2) is 42.5 Å². The van der Waals surface area contributed by atoms with Crippen LogP contribution < -0.4 is 5.32 Å². The van der Waals surface area contributed by atoms with E-state index in [9.17, 15) is 0 Å². The molecule has 0 saturated carbocycles. The van der Waals surface area contributed by atoms with E-state index in [2.05, 4.69) is 68.6 Å². The molecule has 0 aliphatic heterocycles. The monoisotopic (exact) mass is 263 g/mol. The molecule has 0 heterocycles. The number of para-hydroxylation sites is 1. The number of benzene rings is 2. The molecule has 0 aliphatic rings. The molecule has 2 aromatic rings. The van der Waals surface area contributed by atoms with Crippen LogP contribution in [0.1, 0.15) is 49.2 Å². The highest BCUT2D eigenvalue weighted by Crippen LogP contribution is 2.33. The predicted octanol–water partition coefficient (Wildman–Crippen LogP) is 5.09. The number of nitrogens with one attached hydrogen (secondary N) is 1. The Morgan fingerprint density at radius 3 is 2.05 bits per heavy atom. The van der Waals surface area contributed by atoms with Gasteiger partial charge in [0, 0.05) is 11.4 Å². The zero-order valence-electron chi connectivity index (χ0n) is 12.8. The van der Waals surface area contributed by atoms with Gasteiger partial charge in [-0.25, -0.2) is 0 Å². The van der Waals surface area contributed by atoms with Gasteiger partial charge in [0.15, 0.2) is 0 Å². The molecule has 2 rings (SSSR count). The summed E-state index contributed by atoms with van der Waals surface area (Å²) < 4.78 is 0. The van der Waals surface area contributed by atoms with Gasteiger partial charge < -0.3 is 5.32 Å². The van der Waals surface area contributed by atoms with Gasteiger partial charge in [-0.1, -0.05) is 62.5 Å². The zero-order valence-corrected chi connectivity index (χ0v) is 12.8. The summed E-state index contributed by atoms with van der Waals surface area (Å²) in [5, 5.41) is 3.55. The maximum Gasteiger partial charge on any atom is 0.0760 e. The van der Waals surface area contributed by atoms with Crippen molar-refractivity contribution < 1.29 is 0 Å². The average Bonchev–Trinajstić information content (AvgIpc) is 2.41. The standard InChI is InChI=1S/C18H22BN/c1-12(2)16-6-5-7-17(14(4)19)18(16)20-15-10-8-13(3)9-11-15/h5-12,14,20H,1-4H3. The van der Waals surface area contributed by atoms with Crippen LogP contribution in [0.25, 0.3) is 0 Å². The second-order valence-electron chi connectivity index (χ2n) is 5.75. The first-order chi connectivity index (χ1) is 9.49. The summed E-state index contributed by atoms with van der Waals surface area (Å²) in [6, 6.07) is 14.8. The Kier molecular flexibility index (Phi) is 4.54. The second kappa shape index (κ2) is 6.17. The lowest BCUT2D eigenvalue weighted by atomic mass is 9.80. The van der Waals surface area contributed by atoms with E-state index >= 15 is 0 Å². The molecule has 0 aliphatic carbocycles. The van der Waals surface area contributed by atoms with Crippen LogP contribution in [0, 0.1) is 6.92 Å². The summed E-state index contributed by atoms with van der Waals surface area (Å²) in [6.07, 6.45) is 0. The van der Waals surface area contributed by atoms with Gasteiger partial charge in [-0.2, -0.15) is 0 Å². The summed E-state index contributed by atoms with van der Waals surface area (Å²) >= 11 is 0. The summed E-state index contributed by atoms with van der Waals surface area (Å²) in [7, 11) is 6.12. The minimum atomic E-state index is 0.0154. The van der Waals surface area contributed by atoms with Crippen LogP contribution >= 0.6 is 0 Å². The van der Waals surface area contributed by atoms with Crippen molar-refractivity contribution in [1.29, 1.82) is 0 Å². The van der Waals surface area contributed by atoms with Crippen LogP contribution in [0.4, 0.5) is 11.4 Å². The molecule has 0 spiro atoms. The molecule has 0 fully saturated rings. The normalized spacial score (nSPS) is 12.4. The highest BCUT2D eigenvalue weighted by atomic mass is 14.9. The third-order valence-corrected chi connectivity index (χ3v) is 3.56. The van der Waals surface area contributed by atoms with Crippen molar-refractivity contribution in [1.82, 2.24) is 0 Å². The van der Waals surface area contributed by atoms with Crippen molar-refractivity contribution in [3.63, 3.8) is 0 Å². The van der Waals surface area contributed by atoms with Crippen molar-refractivity contribution in [3.05, 3.63) is 59.2 Å². The van der Waals surface area contributed by atoms with Crippen molar-refractivity contribution in [2.24, 2.45) is 0 Å². The van der Waals surface area contributed by atoms with Crippen molar-refractivity contribution >= 4 is 19.2 Å². The molecule has 0 aromatic heterocycles. The SMILES string of the molecule is [B]C(C)c1cccc(C(C)C)c1Nc1ccc(C)cc1. The topological polar surface area (TPSA) is 12.0 Å². The first-order valence-electron chi connectivity index (χ1n) is 7.21. The molecule has 20 heavy (non-hydrogen) atoms. The molecule has 1 N–H and O–H groups in total. The predicted molar refractivity (Wildman–Crippen MR) is 89.2 cm³/mol. The third-order valence-electron chi connectivity index (χ3n) is 3.56. The Morgan fingerprint density at radius 2 is 1.50 bits per heavy atom. The highest BCUT2D eigenvalue weighted by molar-refractivity contribution is 6.12. The van der Waals surface area contributed by atoms with Gasteiger partial charge in [0.2, 0.25) is 0 Å². The maximum absolute atomic E-state index is 6.12. The van der Waals surface area contributed by atoms with Crippen LogP contribution in [0.3, 0.4) is 0 Å². The van der Waals surface area contributed by atoms with Gasteiger partial charge in [-0.3, -0.25) is 0 Å². The van der Waals surface area contributed by atoms with E-state index in [1.807, 2.05) is 6.92 Å². The molecule has 0 amide bonds. The van der Waals surface area contributed by atoms with Gasteiger partial charge in [-0.05, 0) is 36.1 Å². The largest absolute Gasteiger partial charge is 0.355 e. The molecular formula is C18H22BN. The minimum Gasteiger partial charge on any atom is -0.355 e. The van der Waals surface area contributed by atoms with E-state index in [4.69, 9.17) is 7.85 Å². The maximum atomic E-state index is 6.12. The summed E-state index contributed by atoms with van der Waals surface area (Å²) in [6.45, 7) is 8.54. The molecular weight excluding hydrogens is 241 g/mol. The summed E-state index contributed by atoms with van der Waals surface area (Å²) in [5.41, 5.74) is 5.99. The molecule has 1 unspecified atom stereocenters. The van der Waals surface area contributed by atoms with Crippen LogP contribution in [-0.4, -0.2) is 7.85 Å². The first-order valence-corrected chi connectivity index (χ1v) is 7.21. The smallest absolute Gasteiger partial charge is 0.0760 e. The zero-order chi connectivity index (χ0) is 14.7. The minimum absolute atomic E-state index is 0.0154. The van der Waals surface area contributed by atoms with E-state index < -0.39 is 0 Å². The molecule has 102 valence electrons. The van der Waals surface area contributed by atoms with E-state index in [1.54, 1.807) is 0 Å². The Hall–Kier alpha value is -1.70. The van der Waals surface area contributed by atoms with Crippen LogP contribution in [0.2, 0.25) is 0 Å². The Morgan fingerprint density at radius 1 is 0.900 bits per heavy atom. The lowest BCUT2D eigenvalue weighted by Crippen LogP contribution is -2.05. The van der Waals surface area contributed by atoms with E-state index in [0.717, 1.165) is 16.9 Å². The molecule has 1 atom stereocenters. The van der Waals surface area contributed by atoms with Gasteiger partial charge in [-0.15, -0.1) is 0 Å². The Bertz CT molecular complexity index is 544. The lowest BCUT2D eigenvalue weighted by Gasteiger charge is -2.21. The highest BCUT2D eigenvalue weighted by Gasteiger charge is 2.13.